The molecule has 0 unspecified atom stereocenters. The molecule has 1 heterocycles. The molecule has 212 valence electrons. The SMILES string of the molecule is C[C@@H]1CN([C@@H](C)CO)C(=O)c2cccc(NC(=O)NC3CCCCC3)c2O[C@H]1CN(C)CC1CCCCC1. The van der Waals surface area contributed by atoms with E-state index in [4.69, 9.17) is 4.74 Å². The Bertz CT molecular complexity index is 929. The van der Waals surface area contributed by atoms with Crippen LogP contribution in [0.15, 0.2) is 18.2 Å². The topological polar surface area (TPSA) is 94.1 Å². The molecule has 2 aliphatic carbocycles. The number of benzene rings is 1. The maximum Gasteiger partial charge on any atom is 0.319 e. The molecule has 2 fully saturated rings. The standard InChI is InChI=1S/C30H48N4O4/c1-21-17-34(22(2)20-35)29(36)25-15-10-16-26(32-30(37)31-24-13-8-5-9-14-24)28(25)38-27(21)19-33(3)18-23-11-6-4-7-12-23/h10,15-16,21-24,27,35H,4-9,11-14,17-20H2,1-3H3,(H2,31,32,37)/t21-,22+,27+/m1/s1. The van der Waals surface area contributed by atoms with Crippen LogP contribution in [0.25, 0.3) is 0 Å². The number of urea groups is 1. The van der Waals surface area contributed by atoms with E-state index >= 15 is 0 Å². The third-order valence-electron chi connectivity index (χ3n) is 8.67. The van der Waals surface area contributed by atoms with Gasteiger partial charge in [-0.2, -0.15) is 0 Å². The number of carbonyl (C=O) groups is 2. The van der Waals surface area contributed by atoms with Crippen LogP contribution in [0.1, 0.15) is 88.4 Å². The van der Waals surface area contributed by atoms with Gasteiger partial charge in [0.1, 0.15) is 6.10 Å². The number of likely N-dealkylation sites (N-methyl/N-ethyl adjacent to an activating group) is 1. The van der Waals surface area contributed by atoms with E-state index in [-0.39, 0.29) is 42.7 Å². The predicted octanol–water partition coefficient (Wildman–Crippen LogP) is 4.87. The molecular formula is C30H48N4O4. The molecule has 0 saturated heterocycles. The second-order valence-electron chi connectivity index (χ2n) is 12.0. The van der Waals surface area contributed by atoms with E-state index in [2.05, 4.69) is 29.5 Å². The molecule has 0 spiro atoms. The van der Waals surface area contributed by atoms with Crippen LogP contribution in [0.5, 0.6) is 5.75 Å². The smallest absolute Gasteiger partial charge is 0.319 e. The van der Waals surface area contributed by atoms with Gasteiger partial charge >= 0.3 is 6.03 Å². The maximum absolute atomic E-state index is 13.7. The fraction of sp³-hybridized carbons (Fsp3) is 0.733. The van der Waals surface area contributed by atoms with Crippen molar-refractivity contribution < 1.29 is 19.4 Å². The Hall–Kier alpha value is -2.32. The number of hydrogen-bond donors (Lipinski definition) is 3. The summed E-state index contributed by atoms with van der Waals surface area (Å²) in [5, 5.41) is 16.0. The second-order valence-corrected chi connectivity index (χ2v) is 12.0. The van der Waals surface area contributed by atoms with Crippen LogP contribution in [0.2, 0.25) is 0 Å². The summed E-state index contributed by atoms with van der Waals surface area (Å²) in [6, 6.07) is 4.96. The van der Waals surface area contributed by atoms with Gasteiger partial charge in [0.05, 0.1) is 23.9 Å². The average Bonchev–Trinajstić information content (AvgIpc) is 2.91. The number of nitrogens with one attached hydrogen (secondary N) is 2. The van der Waals surface area contributed by atoms with Gasteiger partial charge in [0, 0.05) is 31.6 Å². The summed E-state index contributed by atoms with van der Waals surface area (Å²) in [6.07, 6.45) is 11.9. The first kappa shape index (κ1) is 28.7. The van der Waals surface area contributed by atoms with E-state index in [1.807, 2.05) is 6.92 Å². The highest BCUT2D eigenvalue weighted by Gasteiger charge is 2.35. The van der Waals surface area contributed by atoms with Crippen LogP contribution in [0, 0.1) is 11.8 Å². The Balaban J connectivity index is 1.57. The van der Waals surface area contributed by atoms with Gasteiger partial charge in [0.15, 0.2) is 5.75 Å². The molecule has 3 aliphatic rings. The molecule has 8 nitrogen and oxygen atoms in total. The number of carbonyl (C=O) groups excluding carboxylic acids is 2. The van der Waals surface area contributed by atoms with Crippen LogP contribution in [0.3, 0.4) is 0 Å². The van der Waals surface area contributed by atoms with Gasteiger partial charge < -0.3 is 30.3 Å². The van der Waals surface area contributed by atoms with Crippen molar-refractivity contribution in [3.05, 3.63) is 23.8 Å². The molecule has 8 heteroatoms. The molecule has 0 aromatic heterocycles. The number of anilines is 1. The van der Waals surface area contributed by atoms with Gasteiger partial charge in [0.2, 0.25) is 0 Å². The van der Waals surface area contributed by atoms with Crippen molar-refractivity contribution in [2.75, 3.05) is 38.6 Å². The first-order valence-electron chi connectivity index (χ1n) is 14.8. The third kappa shape index (κ3) is 7.41. The monoisotopic (exact) mass is 528 g/mol. The van der Waals surface area contributed by atoms with Crippen LogP contribution >= 0.6 is 0 Å². The number of fused-ring (bicyclic) bond motifs is 1. The lowest BCUT2D eigenvalue weighted by Crippen LogP contribution is -2.50. The molecule has 3 amide bonds. The predicted molar refractivity (Wildman–Crippen MR) is 151 cm³/mol. The highest BCUT2D eigenvalue weighted by Crippen LogP contribution is 2.35. The minimum absolute atomic E-state index is 0.0408. The lowest BCUT2D eigenvalue weighted by molar-refractivity contribution is 0.0333. The minimum Gasteiger partial charge on any atom is -0.486 e. The Morgan fingerprint density at radius 3 is 2.47 bits per heavy atom. The normalized spacial score (nSPS) is 24.2. The van der Waals surface area contributed by atoms with Crippen LogP contribution in [0.4, 0.5) is 10.5 Å². The van der Waals surface area contributed by atoms with E-state index in [0.717, 1.165) is 44.7 Å². The number of rotatable bonds is 8. The van der Waals surface area contributed by atoms with Gasteiger partial charge in [0.25, 0.3) is 5.91 Å². The lowest BCUT2D eigenvalue weighted by atomic mass is 9.89. The Labute approximate surface area is 228 Å². The Morgan fingerprint density at radius 2 is 1.79 bits per heavy atom. The molecular weight excluding hydrogens is 480 g/mol. The summed E-state index contributed by atoms with van der Waals surface area (Å²) in [7, 11) is 2.16. The van der Waals surface area contributed by atoms with Crippen molar-refractivity contribution >= 4 is 17.6 Å². The fourth-order valence-corrected chi connectivity index (χ4v) is 6.34. The molecule has 3 N–H and O–H groups in total. The van der Waals surface area contributed by atoms with Gasteiger partial charge in [-0.15, -0.1) is 0 Å². The zero-order valence-electron chi connectivity index (χ0n) is 23.6. The summed E-state index contributed by atoms with van der Waals surface area (Å²) < 4.78 is 6.67. The van der Waals surface area contributed by atoms with Crippen molar-refractivity contribution in [3.8, 4) is 5.75 Å². The van der Waals surface area contributed by atoms with Gasteiger partial charge in [-0.25, -0.2) is 4.79 Å². The number of para-hydroxylation sites is 1. The fourth-order valence-electron chi connectivity index (χ4n) is 6.34. The minimum atomic E-state index is -0.317. The van der Waals surface area contributed by atoms with E-state index in [9.17, 15) is 14.7 Å². The van der Waals surface area contributed by atoms with Gasteiger partial charge in [-0.05, 0) is 57.7 Å². The van der Waals surface area contributed by atoms with E-state index in [1.165, 1.54) is 38.5 Å². The number of aliphatic hydroxyl groups is 1. The number of nitrogens with zero attached hydrogens (tertiary/aromatic N) is 2. The highest BCUT2D eigenvalue weighted by molar-refractivity contribution is 6.01. The first-order chi connectivity index (χ1) is 18.4. The van der Waals surface area contributed by atoms with Gasteiger partial charge in [-0.3, -0.25) is 4.79 Å². The molecule has 0 radical (unpaired) electrons. The number of amides is 3. The van der Waals surface area contributed by atoms with Crippen LogP contribution in [-0.4, -0.2) is 78.3 Å². The molecule has 1 aliphatic heterocycles. The zero-order valence-corrected chi connectivity index (χ0v) is 23.6. The Kier molecular flexibility index (Phi) is 10.3. The van der Waals surface area contributed by atoms with E-state index < -0.39 is 0 Å². The maximum atomic E-state index is 13.7. The summed E-state index contributed by atoms with van der Waals surface area (Å²) in [4.78, 5) is 30.8. The largest absolute Gasteiger partial charge is 0.486 e. The van der Waals surface area contributed by atoms with Crippen molar-refractivity contribution in [1.82, 2.24) is 15.1 Å². The lowest BCUT2D eigenvalue weighted by Gasteiger charge is -2.39. The number of hydrogen-bond acceptors (Lipinski definition) is 5. The summed E-state index contributed by atoms with van der Waals surface area (Å²) in [6.45, 7) is 6.15. The zero-order chi connectivity index (χ0) is 27.1. The number of ether oxygens (including phenoxy) is 1. The van der Waals surface area contributed by atoms with Crippen molar-refractivity contribution in [1.29, 1.82) is 0 Å². The third-order valence-corrected chi connectivity index (χ3v) is 8.67. The molecule has 38 heavy (non-hydrogen) atoms. The van der Waals surface area contributed by atoms with Gasteiger partial charge in [-0.1, -0.05) is 51.5 Å². The average molecular weight is 529 g/mol. The quantitative estimate of drug-likeness (QED) is 0.447. The second kappa shape index (κ2) is 13.7. The van der Waals surface area contributed by atoms with Crippen LogP contribution < -0.4 is 15.4 Å². The van der Waals surface area contributed by atoms with Crippen molar-refractivity contribution in [3.63, 3.8) is 0 Å². The van der Waals surface area contributed by atoms with Crippen molar-refractivity contribution in [2.45, 2.75) is 96.2 Å². The van der Waals surface area contributed by atoms with Crippen molar-refractivity contribution in [2.24, 2.45) is 11.8 Å². The molecule has 2 saturated carbocycles. The van der Waals surface area contributed by atoms with E-state index in [1.54, 1.807) is 23.1 Å². The molecule has 0 bridgehead atoms. The Morgan fingerprint density at radius 1 is 1.11 bits per heavy atom. The molecule has 1 aromatic carbocycles. The first-order valence-corrected chi connectivity index (χ1v) is 14.8. The molecule has 3 atom stereocenters. The summed E-state index contributed by atoms with van der Waals surface area (Å²) in [5.41, 5.74) is 0.933. The van der Waals surface area contributed by atoms with Crippen LogP contribution in [-0.2, 0) is 0 Å². The molecule has 4 rings (SSSR count). The summed E-state index contributed by atoms with van der Waals surface area (Å²) >= 11 is 0. The summed E-state index contributed by atoms with van der Waals surface area (Å²) in [5.74, 6) is 1.00. The molecule has 1 aromatic rings. The highest BCUT2D eigenvalue weighted by atomic mass is 16.5. The number of aliphatic hydroxyl groups excluding tert-OH is 1. The van der Waals surface area contributed by atoms with E-state index in [0.29, 0.717) is 23.5 Å².